The van der Waals surface area contributed by atoms with Gasteiger partial charge < -0.3 is 5.11 Å². The molecule has 1 heteroatoms. The molecule has 0 bridgehead atoms. The number of aromatic hydroxyl groups is 1. The maximum atomic E-state index is 9.86. The van der Waals surface area contributed by atoms with E-state index < -0.39 is 0 Å². The van der Waals surface area contributed by atoms with Crippen molar-refractivity contribution in [3.05, 3.63) is 29.8 Å². The van der Waals surface area contributed by atoms with Gasteiger partial charge in [-0.15, -0.1) is 0 Å². The highest BCUT2D eigenvalue weighted by Gasteiger charge is 2.37. The lowest BCUT2D eigenvalue weighted by atomic mass is 9.70. The smallest absolute Gasteiger partial charge is 0.118 e. The predicted molar refractivity (Wildman–Crippen MR) is 72.2 cm³/mol. The van der Waals surface area contributed by atoms with Crippen LogP contribution in [0.25, 0.3) is 0 Å². The standard InChI is InChI=1S/C16H24O/c1-3-16(10-6-7-11-16)13(2)12-14-8-4-5-9-15(14)17/h4-5,8-9,13,17H,3,6-7,10-12H2,1-2H3. The molecule has 17 heavy (non-hydrogen) atoms. The minimum atomic E-state index is 0.462. The quantitative estimate of drug-likeness (QED) is 0.808. The van der Waals surface area contributed by atoms with Crippen LogP contribution >= 0.6 is 0 Å². The first-order valence-corrected chi connectivity index (χ1v) is 6.95. The number of phenols is 1. The Morgan fingerprint density at radius 1 is 1.24 bits per heavy atom. The van der Waals surface area contributed by atoms with Crippen molar-refractivity contribution in [3.8, 4) is 5.75 Å². The third kappa shape index (κ3) is 2.48. The van der Waals surface area contributed by atoms with Crippen molar-refractivity contribution in [3.63, 3.8) is 0 Å². The Morgan fingerprint density at radius 3 is 2.47 bits per heavy atom. The summed E-state index contributed by atoms with van der Waals surface area (Å²) in [5.41, 5.74) is 1.64. The number of phenolic OH excluding ortho intramolecular Hbond substituents is 1. The van der Waals surface area contributed by atoms with Crippen molar-refractivity contribution >= 4 is 0 Å². The zero-order valence-electron chi connectivity index (χ0n) is 11.1. The van der Waals surface area contributed by atoms with Gasteiger partial charge in [0.15, 0.2) is 0 Å². The molecule has 1 fully saturated rings. The molecule has 0 spiro atoms. The van der Waals surface area contributed by atoms with Crippen LogP contribution in [-0.2, 0) is 6.42 Å². The van der Waals surface area contributed by atoms with E-state index in [9.17, 15) is 5.11 Å². The third-order valence-corrected chi connectivity index (χ3v) is 4.87. The molecule has 0 saturated heterocycles. The Hall–Kier alpha value is -0.980. The van der Waals surface area contributed by atoms with Crippen molar-refractivity contribution in [2.45, 2.75) is 52.4 Å². The molecule has 0 heterocycles. The minimum Gasteiger partial charge on any atom is -0.508 e. The molecule has 1 aliphatic rings. The van der Waals surface area contributed by atoms with Crippen LogP contribution in [0.1, 0.15) is 51.5 Å². The molecule has 1 aromatic rings. The zero-order chi connectivity index (χ0) is 12.3. The molecule has 1 nitrogen and oxygen atoms in total. The molecule has 1 N–H and O–H groups in total. The SMILES string of the molecule is CCC1(C(C)Cc2ccccc2O)CCCC1. The summed E-state index contributed by atoms with van der Waals surface area (Å²) >= 11 is 0. The first-order valence-electron chi connectivity index (χ1n) is 6.95. The lowest BCUT2D eigenvalue weighted by molar-refractivity contribution is 0.171. The number of hydrogen-bond acceptors (Lipinski definition) is 1. The van der Waals surface area contributed by atoms with Gasteiger partial charge in [-0.25, -0.2) is 0 Å². The Kier molecular flexibility index (Phi) is 3.76. The highest BCUT2D eigenvalue weighted by atomic mass is 16.3. The summed E-state index contributed by atoms with van der Waals surface area (Å²) in [5.74, 6) is 1.13. The van der Waals surface area contributed by atoms with Crippen LogP contribution in [0.5, 0.6) is 5.75 Å². The van der Waals surface area contributed by atoms with Crippen LogP contribution in [0.2, 0.25) is 0 Å². The monoisotopic (exact) mass is 232 g/mol. The topological polar surface area (TPSA) is 20.2 Å². The largest absolute Gasteiger partial charge is 0.508 e. The molecule has 2 rings (SSSR count). The maximum absolute atomic E-state index is 9.86. The van der Waals surface area contributed by atoms with Gasteiger partial charge in [-0.2, -0.15) is 0 Å². The number of hydrogen-bond donors (Lipinski definition) is 1. The predicted octanol–water partition coefficient (Wildman–Crippen LogP) is 4.54. The van der Waals surface area contributed by atoms with E-state index in [2.05, 4.69) is 19.9 Å². The molecule has 94 valence electrons. The number of benzene rings is 1. The number of para-hydroxylation sites is 1. The van der Waals surface area contributed by atoms with Gasteiger partial charge in [0.25, 0.3) is 0 Å². The Labute approximate surface area is 105 Å². The van der Waals surface area contributed by atoms with Gasteiger partial charge in [-0.1, -0.05) is 51.3 Å². The van der Waals surface area contributed by atoms with Gasteiger partial charge in [0.05, 0.1) is 0 Å². The summed E-state index contributed by atoms with van der Waals surface area (Å²) in [6.45, 7) is 4.69. The second-order valence-electron chi connectivity index (χ2n) is 5.66. The maximum Gasteiger partial charge on any atom is 0.118 e. The van der Waals surface area contributed by atoms with Gasteiger partial charge in [-0.05, 0) is 42.2 Å². The molecule has 0 radical (unpaired) electrons. The van der Waals surface area contributed by atoms with Gasteiger partial charge in [0.2, 0.25) is 0 Å². The second kappa shape index (κ2) is 5.12. The highest BCUT2D eigenvalue weighted by molar-refractivity contribution is 5.32. The fourth-order valence-corrected chi connectivity index (χ4v) is 3.50. The molecule has 1 unspecified atom stereocenters. The number of rotatable bonds is 4. The van der Waals surface area contributed by atoms with Gasteiger partial charge in [0.1, 0.15) is 5.75 Å². The lowest BCUT2D eigenvalue weighted by Gasteiger charge is -2.35. The van der Waals surface area contributed by atoms with Gasteiger partial charge >= 0.3 is 0 Å². The van der Waals surface area contributed by atoms with Crippen LogP contribution in [0.3, 0.4) is 0 Å². The summed E-state index contributed by atoms with van der Waals surface area (Å²) in [6.07, 6.45) is 7.82. The van der Waals surface area contributed by atoms with E-state index in [1.807, 2.05) is 12.1 Å². The summed E-state index contributed by atoms with van der Waals surface area (Å²) in [5, 5.41) is 9.86. The zero-order valence-corrected chi connectivity index (χ0v) is 11.1. The van der Waals surface area contributed by atoms with E-state index in [0.717, 1.165) is 12.0 Å². The molecule has 1 atom stereocenters. The van der Waals surface area contributed by atoms with Gasteiger partial charge in [0, 0.05) is 0 Å². The average molecular weight is 232 g/mol. The van der Waals surface area contributed by atoms with E-state index in [0.29, 0.717) is 17.1 Å². The Balaban J connectivity index is 2.10. The molecule has 1 saturated carbocycles. The van der Waals surface area contributed by atoms with Crippen molar-refractivity contribution in [1.82, 2.24) is 0 Å². The minimum absolute atomic E-state index is 0.462. The van der Waals surface area contributed by atoms with Crippen LogP contribution in [0.4, 0.5) is 0 Å². The summed E-state index contributed by atoms with van der Waals surface area (Å²) in [4.78, 5) is 0. The van der Waals surface area contributed by atoms with Crippen molar-refractivity contribution in [2.75, 3.05) is 0 Å². The van der Waals surface area contributed by atoms with E-state index in [-0.39, 0.29) is 0 Å². The van der Waals surface area contributed by atoms with Crippen molar-refractivity contribution < 1.29 is 5.11 Å². The van der Waals surface area contributed by atoms with Gasteiger partial charge in [-0.3, -0.25) is 0 Å². The highest BCUT2D eigenvalue weighted by Crippen LogP contribution is 2.48. The summed E-state index contributed by atoms with van der Waals surface area (Å²) in [6, 6.07) is 7.78. The van der Waals surface area contributed by atoms with Crippen LogP contribution in [0, 0.1) is 11.3 Å². The fourth-order valence-electron chi connectivity index (χ4n) is 3.50. The first kappa shape index (κ1) is 12.5. The Morgan fingerprint density at radius 2 is 1.88 bits per heavy atom. The molecular formula is C16H24O. The van der Waals surface area contributed by atoms with Crippen LogP contribution < -0.4 is 0 Å². The van der Waals surface area contributed by atoms with E-state index >= 15 is 0 Å². The Bertz CT molecular complexity index is 364. The van der Waals surface area contributed by atoms with Crippen LogP contribution in [0.15, 0.2) is 24.3 Å². The average Bonchev–Trinajstić information content (AvgIpc) is 2.82. The normalized spacial score (nSPS) is 20.4. The fraction of sp³-hybridized carbons (Fsp3) is 0.625. The van der Waals surface area contributed by atoms with Crippen molar-refractivity contribution in [1.29, 1.82) is 0 Å². The molecule has 0 amide bonds. The van der Waals surface area contributed by atoms with Crippen LogP contribution in [-0.4, -0.2) is 5.11 Å². The summed E-state index contributed by atoms with van der Waals surface area (Å²) < 4.78 is 0. The molecule has 1 aromatic carbocycles. The van der Waals surface area contributed by atoms with E-state index in [4.69, 9.17) is 0 Å². The molecule has 0 aliphatic heterocycles. The second-order valence-corrected chi connectivity index (χ2v) is 5.66. The summed E-state index contributed by atoms with van der Waals surface area (Å²) in [7, 11) is 0. The molecular weight excluding hydrogens is 208 g/mol. The lowest BCUT2D eigenvalue weighted by Crippen LogP contribution is -2.26. The third-order valence-electron chi connectivity index (χ3n) is 4.87. The molecule has 0 aromatic heterocycles. The first-order chi connectivity index (χ1) is 8.18. The van der Waals surface area contributed by atoms with E-state index in [1.54, 1.807) is 6.07 Å². The van der Waals surface area contributed by atoms with Crippen molar-refractivity contribution in [2.24, 2.45) is 11.3 Å². The molecule has 1 aliphatic carbocycles. The van der Waals surface area contributed by atoms with E-state index in [1.165, 1.54) is 32.1 Å².